The van der Waals surface area contributed by atoms with Crippen molar-refractivity contribution in [3.63, 3.8) is 0 Å². The second kappa shape index (κ2) is 9.25. The molecular formula is C29H33N7OS. The van der Waals surface area contributed by atoms with Gasteiger partial charge in [0, 0.05) is 35.6 Å². The predicted molar refractivity (Wildman–Crippen MR) is 148 cm³/mol. The van der Waals surface area contributed by atoms with Crippen LogP contribution in [-0.4, -0.2) is 56.5 Å². The van der Waals surface area contributed by atoms with Crippen LogP contribution in [0.2, 0.25) is 0 Å². The molecule has 0 amide bonds. The van der Waals surface area contributed by atoms with Crippen molar-refractivity contribution in [2.24, 2.45) is 10.4 Å². The maximum Gasteiger partial charge on any atom is 0.196 e. The highest BCUT2D eigenvalue weighted by molar-refractivity contribution is 7.15. The number of benzene rings is 1. The average molecular weight is 528 g/mol. The summed E-state index contributed by atoms with van der Waals surface area (Å²) in [6, 6.07) is 8.79. The molecule has 8 nitrogen and oxygen atoms in total. The maximum atomic E-state index is 5.61. The molecule has 6 heterocycles. The van der Waals surface area contributed by atoms with Crippen LogP contribution >= 0.6 is 11.3 Å². The number of oxazole rings is 1. The molecule has 38 heavy (non-hydrogen) atoms. The van der Waals surface area contributed by atoms with E-state index in [1.807, 2.05) is 6.92 Å². The fraction of sp³-hybridized carbons (Fsp3) is 0.448. The molecule has 3 aliphatic heterocycles. The summed E-state index contributed by atoms with van der Waals surface area (Å²) < 4.78 is 7.79. The van der Waals surface area contributed by atoms with E-state index in [0.717, 1.165) is 34.5 Å². The van der Waals surface area contributed by atoms with Gasteiger partial charge in [-0.05, 0) is 63.2 Å². The summed E-state index contributed by atoms with van der Waals surface area (Å²) >= 11 is 1.78. The Kier molecular flexibility index (Phi) is 5.83. The van der Waals surface area contributed by atoms with E-state index >= 15 is 0 Å². The number of aromatic nitrogens is 4. The third-order valence-electron chi connectivity index (χ3n) is 8.51. The summed E-state index contributed by atoms with van der Waals surface area (Å²) in [5.41, 5.74) is 6.48. The largest absolute Gasteiger partial charge is 0.449 e. The van der Waals surface area contributed by atoms with Crippen molar-refractivity contribution in [2.45, 2.75) is 52.6 Å². The first kappa shape index (κ1) is 23.9. The maximum absolute atomic E-state index is 5.61. The number of rotatable bonds is 5. The van der Waals surface area contributed by atoms with Gasteiger partial charge in [-0.3, -0.25) is 14.5 Å². The molecule has 0 saturated carbocycles. The molecule has 0 radical (unpaired) electrons. The Morgan fingerprint density at radius 1 is 1.08 bits per heavy atom. The van der Waals surface area contributed by atoms with Gasteiger partial charge in [-0.15, -0.1) is 21.5 Å². The summed E-state index contributed by atoms with van der Waals surface area (Å²) in [4.78, 5) is 13.6. The SMILES string of the molecule is Cc1sc2c(c1C)C(c1ccc(CN3CC4(CCNCC4)C3)cc1)=N[C@@H](Cc1ncco1)c1nnc(C)n1-2. The molecule has 196 valence electrons. The zero-order valence-electron chi connectivity index (χ0n) is 22.2. The van der Waals surface area contributed by atoms with E-state index in [9.17, 15) is 0 Å². The average Bonchev–Trinajstić information content (AvgIpc) is 3.60. The fourth-order valence-corrected chi connectivity index (χ4v) is 7.57. The van der Waals surface area contributed by atoms with Gasteiger partial charge in [-0.2, -0.15) is 0 Å². The zero-order valence-corrected chi connectivity index (χ0v) is 23.0. The number of thiophene rings is 1. The molecule has 1 aromatic carbocycles. The number of nitrogens with one attached hydrogen (secondary N) is 1. The van der Waals surface area contributed by atoms with Crippen molar-refractivity contribution in [1.82, 2.24) is 30.0 Å². The number of piperidine rings is 1. The van der Waals surface area contributed by atoms with Crippen LogP contribution in [0.25, 0.3) is 5.00 Å². The second-order valence-corrected chi connectivity index (χ2v) is 12.3. The number of aliphatic imine (C=N–C) groups is 1. The standard InChI is InChI=1S/C29H33N7OS/c1-18-19(2)38-28-25(18)26(32-23(14-24-31-12-13-37-24)27-34-33-20(3)36(27)28)22-6-4-21(5-7-22)15-35-16-29(17-35)8-10-30-11-9-29/h4-7,12-13,23,30H,8-11,14-17H2,1-3H3/t23-/m0/s1. The predicted octanol–water partition coefficient (Wildman–Crippen LogP) is 4.56. The van der Waals surface area contributed by atoms with Crippen molar-refractivity contribution < 1.29 is 4.42 Å². The molecule has 9 heteroatoms. The smallest absolute Gasteiger partial charge is 0.196 e. The molecule has 0 bridgehead atoms. The summed E-state index contributed by atoms with van der Waals surface area (Å²) in [6.45, 7) is 12.2. The Bertz CT molecular complexity index is 1480. The lowest BCUT2D eigenvalue weighted by molar-refractivity contribution is -0.0282. The highest BCUT2D eigenvalue weighted by Gasteiger charge is 2.43. The van der Waals surface area contributed by atoms with Crippen LogP contribution in [0.3, 0.4) is 0 Å². The molecule has 3 aliphatic rings. The van der Waals surface area contributed by atoms with Crippen molar-refractivity contribution in [3.8, 4) is 5.00 Å². The van der Waals surface area contributed by atoms with Gasteiger partial charge in [0.1, 0.15) is 23.1 Å². The van der Waals surface area contributed by atoms with E-state index in [-0.39, 0.29) is 6.04 Å². The number of fused-ring (bicyclic) bond motifs is 3. The molecule has 0 aliphatic carbocycles. The van der Waals surface area contributed by atoms with E-state index < -0.39 is 0 Å². The normalized spacial score (nSPS) is 20.5. The minimum Gasteiger partial charge on any atom is -0.449 e. The molecule has 2 saturated heterocycles. The highest BCUT2D eigenvalue weighted by Crippen LogP contribution is 2.41. The van der Waals surface area contributed by atoms with Crippen molar-refractivity contribution >= 4 is 17.0 Å². The summed E-state index contributed by atoms with van der Waals surface area (Å²) in [6.07, 6.45) is 6.45. The van der Waals surface area contributed by atoms with E-state index in [1.54, 1.807) is 23.8 Å². The quantitative estimate of drug-likeness (QED) is 0.410. The number of hydrogen-bond acceptors (Lipinski definition) is 8. The Labute approximate surface area is 226 Å². The number of nitrogens with zero attached hydrogens (tertiary/aromatic N) is 6. The van der Waals surface area contributed by atoms with Crippen molar-refractivity contribution in [1.29, 1.82) is 0 Å². The molecule has 0 unspecified atom stereocenters. The summed E-state index contributed by atoms with van der Waals surface area (Å²) in [5.74, 6) is 2.35. The molecule has 7 rings (SSSR count). The lowest BCUT2D eigenvalue weighted by Gasteiger charge is -2.52. The lowest BCUT2D eigenvalue weighted by Crippen LogP contribution is -2.59. The Morgan fingerprint density at radius 3 is 2.61 bits per heavy atom. The van der Waals surface area contributed by atoms with E-state index in [2.05, 4.69) is 68.1 Å². The van der Waals surface area contributed by atoms with Gasteiger partial charge < -0.3 is 9.73 Å². The minimum absolute atomic E-state index is 0.244. The van der Waals surface area contributed by atoms with Gasteiger partial charge in [0.05, 0.1) is 18.3 Å². The number of aryl methyl sites for hydroxylation is 2. The van der Waals surface area contributed by atoms with Gasteiger partial charge in [0.25, 0.3) is 0 Å². The van der Waals surface area contributed by atoms with Gasteiger partial charge in [-0.1, -0.05) is 24.3 Å². The molecule has 2 fully saturated rings. The van der Waals surface area contributed by atoms with Gasteiger partial charge in [-0.25, -0.2) is 4.98 Å². The van der Waals surface area contributed by atoms with E-state index in [4.69, 9.17) is 9.41 Å². The van der Waals surface area contributed by atoms with Crippen LogP contribution in [-0.2, 0) is 13.0 Å². The Morgan fingerprint density at radius 2 is 1.87 bits per heavy atom. The third-order valence-corrected chi connectivity index (χ3v) is 9.70. The second-order valence-electron chi connectivity index (χ2n) is 11.1. The van der Waals surface area contributed by atoms with Crippen molar-refractivity contribution in [3.05, 3.63) is 81.4 Å². The minimum atomic E-state index is -0.244. The molecular weight excluding hydrogens is 494 g/mol. The Hall–Kier alpha value is -3.14. The van der Waals surface area contributed by atoms with Gasteiger partial charge in [0.2, 0.25) is 0 Å². The zero-order chi connectivity index (χ0) is 25.9. The van der Waals surface area contributed by atoms with Crippen LogP contribution < -0.4 is 5.32 Å². The van der Waals surface area contributed by atoms with E-state index in [1.165, 1.54) is 60.6 Å². The van der Waals surface area contributed by atoms with Gasteiger partial charge in [0.15, 0.2) is 11.7 Å². The molecule has 1 atom stereocenters. The third kappa shape index (κ3) is 4.04. The topological polar surface area (TPSA) is 84.4 Å². The van der Waals surface area contributed by atoms with Crippen LogP contribution in [0.4, 0.5) is 0 Å². The highest BCUT2D eigenvalue weighted by atomic mass is 32.1. The monoisotopic (exact) mass is 527 g/mol. The van der Waals surface area contributed by atoms with Crippen LogP contribution in [0.5, 0.6) is 0 Å². The molecule has 3 aromatic heterocycles. The molecule has 1 spiro atoms. The van der Waals surface area contributed by atoms with Crippen LogP contribution in [0, 0.1) is 26.2 Å². The first-order chi connectivity index (χ1) is 18.5. The molecule has 4 aromatic rings. The first-order valence-corrected chi connectivity index (χ1v) is 14.3. The molecule has 1 N–H and O–H groups in total. The summed E-state index contributed by atoms with van der Waals surface area (Å²) in [7, 11) is 0. The fourth-order valence-electron chi connectivity index (χ4n) is 6.36. The van der Waals surface area contributed by atoms with Gasteiger partial charge >= 0.3 is 0 Å². The first-order valence-electron chi connectivity index (χ1n) is 13.5. The van der Waals surface area contributed by atoms with Crippen molar-refractivity contribution in [2.75, 3.05) is 26.2 Å². The Balaban J connectivity index is 1.22. The van der Waals surface area contributed by atoms with Crippen LogP contribution in [0.1, 0.15) is 63.6 Å². The number of hydrogen-bond donors (Lipinski definition) is 1. The lowest BCUT2D eigenvalue weighted by atomic mass is 9.72. The number of likely N-dealkylation sites (tertiary alicyclic amines) is 1. The summed E-state index contributed by atoms with van der Waals surface area (Å²) in [5, 5.41) is 13.7. The van der Waals surface area contributed by atoms with Crippen LogP contribution in [0.15, 0.2) is 46.1 Å². The van der Waals surface area contributed by atoms with E-state index in [0.29, 0.717) is 17.7 Å².